The summed E-state index contributed by atoms with van der Waals surface area (Å²) in [5, 5.41) is 0. The minimum absolute atomic E-state index is 0.0306. The Labute approximate surface area is 114 Å². The highest BCUT2D eigenvalue weighted by Crippen LogP contribution is 2.29. The van der Waals surface area contributed by atoms with Crippen LogP contribution in [0, 0.1) is 5.41 Å². The molecule has 0 aliphatic heterocycles. The molecule has 19 heavy (non-hydrogen) atoms. The van der Waals surface area contributed by atoms with E-state index >= 15 is 0 Å². The monoisotopic (exact) mass is 260 g/mol. The molecule has 0 spiro atoms. The maximum Gasteiger partial charge on any atom is 0.148 e. The topological polar surface area (TPSA) is 43.4 Å². The predicted octanol–water partition coefficient (Wildman–Crippen LogP) is 2.92. The van der Waals surface area contributed by atoms with Crippen molar-refractivity contribution in [1.29, 1.82) is 0 Å². The Morgan fingerprint density at radius 3 is 2.21 bits per heavy atom. The molecule has 0 unspecified atom stereocenters. The summed E-state index contributed by atoms with van der Waals surface area (Å²) < 4.78 is 5.62. The van der Waals surface area contributed by atoms with Gasteiger partial charge in [0.25, 0.3) is 0 Å². The van der Waals surface area contributed by atoms with Gasteiger partial charge in [-0.2, -0.15) is 0 Å². The van der Waals surface area contributed by atoms with Gasteiger partial charge in [0.2, 0.25) is 0 Å². The largest absolute Gasteiger partial charge is 0.375 e. The van der Waals surface area contributed by atoms with Gasteiger partial charge in [0.15, 0.2) is 0 Å². The molecule has 1 aliphatic carbocycles. The molecule has 1 saturated carbocycles. The average molecular weight is 260 g/mol. The van der Waals surface area contributed by atoms with Crippen LogP contribution in [0.25, 0.3) is 0 Å². The number of ketones is 2. The van der Waals surface area contributed by atoms with Crippen molar-refractivity contribution in [3.05, 3.63) is 35.9 Å². The molecule has 0 heterocycles. The number of rotatable bonds is 4. The first-order chi connectivity index (χ1) is 9.13. The van der Waals surface area contributed by atoms with Gasteiger partial charge in [-0.15, -0.1) is 0 Å². The molecule has 0 bridgehead atoms. The maximum absolute atomic E-state index is 12.1. The van der Waals surface area contributed by atoms with E-state index in [1.165, 1.54) is 0 Å². The lowest BCUT2D eigenvalue weighted by molar-refractivity contribution is -0.143. The lowest BCUT2D eigenvalue weighted by Crippen LogP contribution is -2.39. The smallest absolute Gasteiger partial charge is 0.148 e. The van der Waals surface area contributed by atoms with E-state index in [1.54, 1.807) is 6.92 Å². The molecule has 1 aromatic carbocycles. The molecule has 0 amide bonds. The van der Waals surface area contributed by atoms with Crippen molar-refractivity contribution in [2.45, 2.75) is 39.2 Å². The molecule has 0 aromatic heterocycles. The molecule has 0 atom stereocenters. The highest BCUT2D eigenvalue weighted by Gasteiger charge is 2.41. The van der Waals surface area contributed by atoms with E-state index < -0.39 is 5.41 Å². The molecule has 3 heteroatoms. The van der Waals surface area contributed by atoms with Gasteiger partial charge >= 0.3 is 0 Å². The lowest BCUT2D eigenvalue weighted by Gasteiger charge is -2.24. The molecule has 1 aliphatic rings. The number of Topliss-reactive ketones (excluding diaryl/α,β-unsaturated/α-hetero) is 2. The molecule has 3 nitrogen and oxygen atoms in total. The Kier molecular flexibility index (Phi) is 4.48. The Balaban J connectivity index is 1.96. The van der Waals surface area contributed by atoms with E-state index in [1.807, 2.05) is 30.3 Å². The summed E-state index contributed by atoms with van der Waals surface area (Å²) in [5.74, 6) is 0.0612. The quantitative estimate of drug-likeness (QED) is 0.617. The van der Waals surface area contributed by atoms with Crippen LogP contribution in [0.4, 0.5) is 0 Å². The third-order valence-electron chi connectivity index (χ3n) is 3.79. The molecule has 2 rings (SSSR count). The van der Waals surface area contributed by atoms with Gasteiger partial charge in [-0.25, -0.2) is 0 Å². The highest BCUT2D eigenvalue weighted by molar-refractivity contribution is 6.07. The van der Waals surface area contributed by atoms with Crippen molar-refractivity contribution >= 4 is 11.6 Å². The number of carbonyl (C=O) groups is 2. The summed E-state index contributed by atoms with van der Waals surface area (Å²) in [6, 6.07) is 9.78. The summed E-state index contributed by atoms with van der Waals surface area (Å²) in [5.41, 5.74) is 0.116. The molecule has 1 fully saturated rings. The highest BCUT2D eigenvalue weighted by atomic mass is 16.5. The molecule has 102 valence electrons. The van der Waals surface area contributed by atoms with Crippen LogP contribution < -0.4 is 0 Å². The minimum atomic E-state index is -0.939. The second kappa shape index (κ2) is 6.11. The first-order valence-corrected chi connectivity index (χ1v) is 6.81. The third-order valence-corrected chi connectivity index (χ3v) is 3.79. The van der Waals surface area contributed by atoms with Crippen molar-refractivity contribution in [1.82, 2.24) is 0 Å². The van der Waals surface area contributed by atoms with Crippen molar-refractivity contribution in [2.75, 3.05) is 6.61 Å². The fourth-order valence-electron chi connectivity index (χ4n) is 2.39. The minimum Gasteiger partial charge on any atom is -0.375 e. The summed E-state index contributed by atoms with van der Waals surface area (Å²) in [4.78, 5) is 24.2. The van der Waals surface area contributed by atoms with Crippen LogP contribution in [0.1, 0.15) is 38.2 Å². The summed E-state index contributed by atoms with van der Waals surface area (Å²) >= 11 is 0. The number of carbonyl (C=O) groups excluding carboxylic acids is 2. The Morgan fingerprint density at radius 1 is 1.05 bits per heavy atom. The molecule has 1 aromatic rings. The van der Waals surface area contributed by atoms with Crippen LogP contribution >= 0.6 is 0 Å². The van der Waals surface area contributed by atoms with Crippen molar-refractivity contribution in [3.8, 4) is 0 Å². The maximum atomic E-state index is 12.1. The van der Waals surface area contributed by atoms with Crippen LogP contribution in [-0.4, -0.2) is 18.2 Å². The summed E-state index contributed by atoms with van der Waals surface area (Å²) in [6.07, 6.45) is 2.63. The molecule has 0 saturated heterocycles. The summed E-state index contributed by atoms with van der Waals surface area (Å²) in [6.45, 7) is 2.37. The standard InChI is InChI=1S/C16H20O3/c1-16(14(17)9-5-6-10-15(16)18)12-19-11-13-7-3-2-4-8-13/h2-4,7-8H,5-6,9-12H2,1H3. The first-order valence-electron chi connectivity index (χ1n) is 6.81. The van der Waals surface area contributed by atoms with Gasteiger partial charge in [0, 0.05) is 12.8 Å². The first kappa shape index (κ1) is 13.9. The Hall–Kier alpha value is -1.48. The SMILES string of the molecule is CC1(COCc2ccccc2)C(=O)CCCCC1=O. The molecular formula is C16H20O3. The van der Waals surface area contributed by atoms with Gasteiger partial charge in [-0.3, -0.25) is 9.59 Å². The average Bonchev–Trinajstić information content (AvgIpc) is 2.54. The predicted molar refractivity (Wildman–Crippen MR) is 72.7 cm³/mol. The van der Waals surface area contributed by atoms with Crippen LogP contribution in [0.15, 0.2) is 30.3 Å². The fraction of sp³-hybridized carbons (Fsp3) is 0.500. The zero-order valence-corrected chi connectivity index (χ0v) is 11.4. The van der Waals surface area contributed by atoms with E-state index in [-0.39, 0.29) is 18.2 Å². The Bertz CT molecular complexity index is 432. The number of hydrogen-bond donors (Lipinski definition) is 0. The van der Waals surface area contributed by atoms with Gasteiger partial charge in [-0.05, 0) is 25.3 Å². The summed E-state index contributed by atoms with van der Waals surface area (Å²) in [7, 11) is 0. The molecular weight excluding hydrogens is 240 g/mol. The zero-order valence-electron chi connectivity index (χ0n) is 11.4. The van der Waals surface area contributed by atoms with Crippen LogP contribution in [0.5, 0.6) is 0 Å². The van der Waals surface area contributed by atoms with Gasteiger partial charge in [0.05, 0.1) is 13.2 Å². The van der Waals surface area contributed by atoms with E-state index in [0.717, 1.165) is 18.4 Å². The van der Waals surface area contributed by atoms with Gasteiger partial charge in [0.1, 0.15) is 17.0 Å². The van der Waals surface area contributed by atoms with Crippen LogP contribution in [0.2, 0.25) is 0 Å². The third kappa shape index (κ3) is 3.29. The fourth-order valence-corrected chi connectivity index (χ4v) is 2.39. The van der Waals surface area contributed by atoms with Gasteiger partial charge < -0.3 is 4.74 Å². The Morgan fingerprint density at radius 2 is 1.63 bits per heavy atom. The van der Waals surface area contributed by atoms with E-state index in [2.05, 4.69) is 0 Å². The normalized spacial score (nSPS) is 19.2. The van der Waals surface area contributed by atoms with E-state index in [0.29, 0.717) is 19.4 Å². The van der Waals surface area contributed by atoms with Crippen LogP contribution in [0.3, 0.4) is 0 Å². The number of benzene rings is 1. The zero-order chi connectivity index (χ0) is 13.7. The van der Waals surface area contributed by atoms with Gasteiger partial charge in [-0.1, -0.05) is 30.3 Å². The van der Waals surface area contributed by atoms with E-state index in [4.69, 9.17) is 4.74 Å². The number of ether oxygens (including phenoxy) is 1. The second-order valence-electron chi connectivity index (χ2n) is 5.36. The molecule has 0 N–H and O–H groups in total. The second-order valence-corrected chi connectivity index (χ2v) is 5.36. The van der Waals surface area contributed by atoms with Crippen molar-refractivity contribution in [2.24, 2.45) is 5.41 Å². The molecule has 0 radical (unpaired) electrons. The lowest BCUT2D eigenvalue weighted by atomic mass is 9.81. The number of hydrogen-bond acceptors (Lipinski definition) is 3. The van der Waals surface area contributed by atoms with Crippen LogP contribution in [-0.2, 0) is 20.9 Å². The van der Waals surface area contributed by atoms with Crippen molar-refractivity contribution < 1.29 is 14.3 Å². The van der Waals surface area contributed by atoms with E-state index in [9.17, 15) is 9.59 Å². The van der Waals surface area contributed by atoms with Crippen molar-refractivity contribution in [3.63, 3.8) is 0 Å².